The molecule has 0 radical (unpaired) electrons. The van der Waals surface area contributed by atoms with Crippen molar-refractivity contribution in [3.05, 3.63) is 28.9 Å². The minimum atomic E-state index is -4.86. The average molecular weight is 634 g/mol. The van der Waals surface area contributed by atoms with E-state index in [4.69, 9.17) is 14.8 Å². The van der Waals surface area contributed by atoms with Crippen molar-refractivity contribution in [3.63, 3.8) is 0 Å². The van der Waals surface area contributed by atoms with Crippen LogP contribution in [-0.4, -0.2) is 59.1 Å². The predicted octanol–water partition coefficient (Wildman–Crippen LogP) is 4.85. The van der Waals surface area contributed by atoms with Gasteiger partial charge in [0.1, 0.15) is 6.04 Å². The molecule has 1 saturated heterocycles. The molecule has 5 rings (SSSR count). The number of aromatic nitrogens is 1. The van der Waals surface area contributed by atoms with E-state index in [1.807, 2.05) is 18.4 Å². The molecule has 0 aromatic carbocycles. The van der Waals surface area contributed by atoms with Crippen LogP contribution in [0.2, 0.25) is 0 Å². The van der Waals surface area contributed by atoms with Crippen molar-refractivity contribution in [1.82, 2.24) is 15.2 Å². The van der Waals surface area contributed by atoms with Crippen LogP contribution in [-0.2, 0) is 19.1 Å². The molecule has 2 aliphatic carbocycles. The maximum absolute atomic E-state index is 12.3. The number of carbonyl (C=O) groups is 3. The highest BCUT2D eigenvalue weighted by molar-refractivity contribution is 7.17. The number of alkyl halides is 3. The quantitative estimate of drug-likeness (QED) is 0.330. The second-order valence-corrected chi connectivity index (χ2v) is 13.0. The Morgan fingerprint density at radius 3 is 2.36 bits per heavy atom. The fraction of sp³-hybridized carbons (Fsp3) is 0.581. The van der Waals surface area contributed by atoms with E-state index in [1.54, 1.807) is 19.3 Å². The third-order valence-corrected chi connectivity index (χ3v) is 9.48. The normalized spacial score (nSPS) is 21.7. The van der Waals surface area contributed by atoms with Gasteiger partial charge in [-0.05, 0) is 57.3 Å². The first-order chi connectivity index (χ1) is 20.6. The number of nitrogens with zero attached hydrogens (tertiary/aromatic N) is 3. The fourth-order valence-corrected chi connectivity index (χ4v) is 6.65. The van der Waals surface area contributed by atoms with Crippen molar-refractivity contribution in [1.29, 1.82) is 5.26 Å². The Hall–Kier alpha value is -3.68. The summed E-state index contributed by atoms with van der Waals surface area (Å²) in [5, 5.41) is 14.4. The standard InChI is InChI=1S/C16H27NO2.C13H9N3OS.C2H2F3NO/c1-11(19-16(4)6-5-7-16)8-14(18)17-9-12-13(10-17)15(12,2)3;1-2-3-9-7-18-12-6-15-5-10(13(9)12)11(4-14)16-8-17;3-2(4,5)1(6)7/h11-13H,5-10H2,1-4H3;5-8,11H,1H3,(H,16,17);(H2,6,7)/t11-,12?,13?;;/m1../s1. The molecule has 3 fully saturated rings. The van der Waals surface area contributed by atoms with E-state index in [0.717, 1.165) is 53.4 Å². The van der Waals surface area contributed by atoms with Crippen LogP contribution in [0.1, 0.15) is 77.5 Å². The van der Waals surface area contributed by atoms with Crippen molar-refractivity contribution in [2.24, 2.45) is 23.0 Å². The summed E-state index contributed by atoms with van der Waals surface area (Å²) < 4.78 is 39.1. The van der Waals surface area contributed by atoms with E-state index in [9.17, 15) is 22.8 Å². The second kappa shape index (κ2) is 14.0. The van der Waals surface area contributed by atoms with Crippen LogP contribution in [0.15, 0.2) is 17.8 Å². The predicted molar refractivity (Wildman–Crippen MR) is 160 cm³/mol. The zero-order valence-electron chi connectivity index (χ0n) is 25.5. The van der Waals surface area contributed by atoms with Gasteiger partial charge in [-0.3, -0.25) is 19.4 Å². The minimum absolute atomic E-state index is 0.0504. The van der Waals surface area contributed by atoms with Crippen molar-refractivity contribution >= 4 is 39.6 Å². The minimum Gasteiger partial charge on any atom is -0.372 e. The van der Waals surface area contributed by atoms with E-state index in [-0.39, 0.29) is 11.7 Å². The summed E-state index contributed by atoms with van der Waals surface area (Å²) in [5.41, 5.74) is 5.89. The first-order valence-corrected chi connectivity index (χ1v) is 15.1. The Kier molecular flexibility index (Phi) is 11.0. The number of halogens is 3. The number of likely N-dealkylation sites (tertiary alicyclic amines) is 1. The van der Waals surface area contributed by atoms with Gasteiger partial charge >= 0.3 is 12.1 Å². The van der Waals surface area contributed by atoms with Crippen molar-refractivity contribution in [3.8, 4) is 17.9 Å². The van der Waals surface area contributed by atoms with Crippen LogP contribution in [0.3, 0.4) is 0 Å². The summed E-state index contributed by atoms with van der Waals surface area (Å²) in [6.45, 7) is 12.6. The van der Waals surface area contributed by atoms with Crippen LogP contribution in [0, 0.1) is 40.4 Å². The number of hydrogen-bond donors (Lipinski definition) is 2. The highest BCUT2D eigenvalue weighted by Gasteiger charge is 2.62. The van der Waals surface area contributed by atoms with Crippen LogP contribution < -0.4 is 11.1 Å². The van der Waals surface area contributed by atoms with Crippen molar-refractivity contribution < 1.29 is 32.3 Å². The third kappa shape index (κ3) is 8.27. The number of piperidine rings is 1. The summed E-state index contributed by atoms with van der Waals surface area (Å²) >= 11 is 1.52. The number of thiophene rings is 1. The Morgan fingerprint density at radius 1 is 1.27 bits per heavy atom. The number of amides is 3. The summed E-state index contributed by atoms with van der Waals surface area (Å²) in [6, 6.07) is 1.34. The topological polar surface area (TPSA) is 138 Å². The molecule has 3 amide bonds. The maximum Gasteiger partial charge on any atom is 0.470 e. The average Bonchev–Trinajstić information content (AvgIpc) is 3.34. The molecule has 2 aromatic heterocycles. The largest absolute Gasteiger partial charge is 0.470 e. The molecular weight excluding hydrogens is 595 g/mol. The molecule has 3 unspecified atom stereocenters. The summed E-state index contributed by atoms with van der Waals surface area (Å²) in [7, 11) is 0. The Morgan fingerprint density at radius 2 is 1.89 bits per heavy atom. The van der Waals surface area contributed by atoms with Gasteiger partial charge in [-0.1, -0.05) is 19.8 Å². The molecule has 4 atom stereocenters. The lowest BCUT2D eigenvalue weighted by Gasteiger charge is -2.40. The van der Waals surface area contributed by atoms with Crippen LogP contribution >= 0.6 is 11.3 Å². The number of fused-ring (bicyclic) bond motifs is 2. The van der Waals surface area contributed by atoms with E-state index in [2.05, 4.69) is 53.5 Å². The smallest absolute Gasteiger partial charge is 0.372 e. The first kappa shape index (κ1) is 34.8. The highest BCUT2D eigenvalue weighted by atomic mass is 32.1. The van der Waals surface area contributed by atoms with E-state index < -0.39 is 18.1 Å². The van der Waals surface area contributed by atoms with Gasteiger partial charge in [-0.25, -0.2) is 0 Å². The Labute approximate surface area is 259 Å². The van der Waals surface area contributed by atoms with Gasteiger partial charge in [-0.2, -0.15) is 18.4 Å². The van der Waals surface area contributed by atoms with E-state index in [0.29, 0.717) is 29.7 Å². The summed E-state index contributed by atoms with van der Waals surface area (Å²) in [4.78, 5) is 38.1. The molecule has 3 aliphatic rings. The SMILES string of the molecule is CC#Cc1csc2cncc(C(C#N)NC=O)c12.C[C@H](CC(=O)N1CC2C(C1)C2(C)C)OC1(C)CCC1.NC(=O)C(F)(F)F. The Balaban J connectivity index is 0.000000199. The molecule has 0 spiro atoms. The number of rotatable bonds is 7. The lowest BCUT2D eigenvalue weighted by Crippen LogP contribution is -2.41. The van der Waals surface area contributed by atoms with Crippen LogP contribution in [0.5, 0.6) is 0 Å². The summed E-state index contributed by atoms with van der Waals surface area (Å²) in [5.74, 6) is 5.37. The Bertz CT molecular complexity index is 1450. The van der Waals surface area contributed by atoms with E-state index in [1.165, 1.54) is 17.8 Å². The number of pyridine rings is 1. The van der Waals surface area contributed by atoms with Crippen LogP contribution in [0.4, 0.5) is 13.2 Å². The van der Waals surface area contributed by atoms with Gasteiger partial charge < -0.3 is 20.7 Å². The third-order valence-electron chi connectivity index (χ3n) is 8.56. The number of nitrogens with one attached hydrogen (secondary N) is 1. The molecule has 2 saturated carbocycles. The van der Waals surface area contributed by atoms with Gasteiger partial charge in [0.05, 0.1) is 28.9 Å². The van der Waals surface area contributed by atoms with Gasteiger partial charge in [0.2, 0.25) is 12.3 Å². The zero-order chi connectivity index (χ0) is 32.9. The fourth-order valence-electron chi connectivity index (χ4n) is 5.76. The lowest BCUT2D eigenvalue weighted by molar-refractivity contribution is -0.169. The molecule has 44 heavy (non-hydrogen) atoms. The van der Waals surface area contributed by atoms with Crippen molar-refractivity contribution in [2.45, 2.75) is 84.2 Å². The van der Waals surface area contributed by atoms with Gasteiger partial charge in [0, 0.05) is 47.4 Å². The van der Waals surface area contributed by atoms with Crippen LogP contribution in [0.25, 0.3) is 10.1 Å². The van der Waals surface area contributed by atoms with Gasteiger partial charge in [0.25, 0.3) is 0 Å². The van der Waals surface area contributed by atoms with Gasteiger partial charge in [-0.15, -0.1) is 17.3 Å². The molecule has 3 heterocycles. The molecule has 3 N–H and O–H groups in total. The molecule has 2 aromatic rings. The number of ether oxygens (including phenoxy) is 1. The monoisotopic (exact) mass is 633 g/mol. The molecule has 9 nitrogen and oxygen atoms in total. The summed E-state index contributed by atoms with van der Waals surface area (Å²) in [6.07, 6.45) is 3.16. The second-order valence-electron chi connectivity index (χ2n) is 12.1. The molecule has 238 valence electrons. The van der Waals surface area contributed by atoms with Gasteiger partial charge in [0.15, 0.2) is 0 Å². The highest BCUT2D eigenvalue weighted by Crippen LogP contribution is 2.62. The number of hydrogen-bond acceptors (Lipinski definition) is 7. The maximum atomic E-state index is 12.3. The molecule has 1 aliphatic heterocycles. The number of carbonyl (C=O) groups excluding carboxylic acids is 3. The molecule has 0 bridgehead atoms. The van der Waals surface area contributed by atoms with E-state index >= 15 is 0 Å². The number of nitrogens with two attached hydrogens (primary N) is 1. The molecular formula is C31H38F3N5O4S. The number of nitriles is 1. The lowest BCUT2D eigenvalue weighted by atomic mass is 9.81. The first-order valence-electron chi connectivity index (χ1n) is 14.3. The molecule has 13 heteroatoms. The zero-order valence-corrected chi connectivity index (χ0v) is 26.3. The number of primary amides is 1. The van der Waals surface area contributed by atoms with Crippen molar-refractivity contribution in [2.75, 3.05) is 13.1 Å².